The van der Waals surface area contributed by atoms with E-state index in [0.29, 0.717) is 12.3 Å². The number of primary amides is 1. The van der Waals surface area contributed by atoms with E-state index in [9.17, 15) is 4.79 Å². The first-order valence-corrected chi connectivity index (χ1v) is 10.6. The van der Waals surface area contributed by atoms with Crippen molar-refractivity contribution in [2.24, 2.45) is 16.6 Å². The number of guanidine groups is 1. The molecule has 0 aromatic rings. The Labute approximate surface area is 156 Å². The van der Waals surface area contributed by atoms with E-state index < -0.39 is 0 Å². The molecular formula is C18H34N4O2S. The number of ether oxygens (including phenoxy) is 1. The molecule has 0 radical (unpaired) electrons. The number of hydrogen-bond donors (Lipinski definition) is 2. The summed E-state index contributed by atoms with van der Waals surface area (Å²) in [6.45, 7) is 9.54. The summed E-state index contributed by atoms with van der Waals surface area (Å²) in [6.07, 6.45) is 4.77. The summed E-state index contributed by atoms with van der Waals surface area (Å²) in [4.78, 5) is 18.6. The molecule has 0 bridgehead atoms. The highest BCUT2D eigenvalue weighted by Gasteiger charge is 2.33. The quantitative estimate of drug-likeness (QED) is 0.528. The molecule has 6 nitrogen and oxygen atoms in total. The number of thioether (sulfide) groups is 1. The normalized spacial score (nSPS) is 24.2. The fraction of sp³-hybridized carbons (Fsp3) is 0.889. The molecule has 25 heavy (non-hydrogen) atoms. The van der Waals surface area contributed by atoms with Gasteiger partial charge in [-0.05, 0) is 44.3 Å². The number of piperidine rings is 1. The number of carbonyl (C=O) groups excluding carboxylic acids is 1. The van der Waals surface area contributed by atoms with Crippen LogP contribution in [0.2, 0.25) is 0 Å². The largest absolute Gasteiger partial charge is 0.381 e. The Morgan fingerprint density at radius 2 is 2.16 bits per heavy atom. The fourth-order valence-corrected chi connectivity index (χ4v) is 4.97. The van der Waals surface area contributed by atoms with Gasteiger partial charge in [0.15, 0.2) is 5.96 Å². The van der Waals surface area contributed by atoms with Gasteiger partial charge in [-0.2, -0.15) is 11.8 Å². The van der Waals surface area contributed by atoms with E-state index in [2.05, 4.69) is 24.1 Å². The number of rotatable bonds is 7. The van der Waals surface area contributed by atoms with E-state index in [1.807, 2.05) is 11.8 Å². The molecule has 0 aliphatic carbocycles. The predicted octanol–water partition coefficient (Wildman–Crippen LogP) is 1.84. The van der Waals surface area contributed by atoms with Crippen molar-refractivity contribution >= 4 is 23.6 Å². The first-order chi connectivity index (χ1) is 12.1. The Kier molecular flexibility index (Phi) is 8.36. The summed E-state index contributed by atoms with van der Waals surface area (Å²) >= 11 is 2.02. The van der Waals surface area contributed by atoms with Crippen LogP contribution in [-0.2, 0) is 9.53 Å². The van der Waals surface area contributed by atoms with Gasteiger partial charge in [0.25, 0.3) is 0 Å². The Morgan fingerprint density at radius 3 is 2.80 bits per heavy atom. The first-order valence-electron chi connectivity index (χ1n) is 9.62. The van der Waals surface area contributed by atoms with E-state index in [1.165, 1.54) is 0 Å². The number of nitrogens with two attached hydrogens (primary N) is 1. The standard InChI is InChI=1S/C18H34N4O2S/c1-3-20-17(22-9-5-6-15(13-22)12-16(19)23)21-14-18(25-4-2)7-10-24-11-8-18/h15H,3-14H2,1-2H3,(H2,19,23)(H,20,21). The molecule has 2 fully saturated rings. The molecule has 2 heterocycles. The van der Waals surface area contributed by atoms with Gasteiger partial charge in [-0.15, -0.1) is 0 Å². The zero-order valence-corrected chi connectivity index (χ0v) is 16.6. The van der Waals surface area contributed by atoms with Gasteiger partial charge in [-0.1, -0.05) is 6.92 Å². The lowest BCUT2D eigenvalue weighted by molar-refractivity contribution is -0.119. The molecule has 0 aromatic heterocycles. The van der Waals surface area contributed by atoms with Gasteiger partial charge in [-0.3, -0.25) is 9.79 Å². The van der Waals surface area contributed by atoms with E-state index >= 15 is 0 Å². The number of nitrogens with one attached hydrogen (secondary N) is 1. The lowest BCUT2D eigenvalue weighted by Crippen LogP contribution is -2.48. The third kappa shape index (κ3) is 6.37. The summed E-state index contributed by atoms with van der Waals surface area (Å²) in [7, 11) is 0. The average molecular weight is 371 g/mol. The van der Waals surface area contributed by atoms with Gasteiger partial charge in [-0.25, -0.2) is 0 Å². The molecule has 2 aliphatic heterocycles. The van der Waals surface area contributed by atoms with E-state index in [-0.39, 0.29) is 10.7 Å². The van der Waals surface area contributed by atoms with Crippen molar-refractivity contribution in [2.75, 3.05) is 45.1 Å². The average Bonchev–Trinajstić information content (AvgIpc) is 2.59. The predicted molar refractivity (Wildman–Crippen MR) is 105 cm³/mol. The zero-order chi connectivity index (χ0) is 18.1. The molecule has 2 rings (SSSR count). The van der Waals surface area contributed by atoms with Gasteiger partial charge in [0.05, 0.1) is 6.54 Å². The number of carbonyl (C=O) groups is 1. The van der Waals surface area contributed by atoms with Crippen LogP contribution < -0.4 is 11.1 Å². The van der Waals surface area contributed by atoms with Gasteiger partial charge in [0.2, 0.25) is 5.91 Å². The lowest BCUT2D eigenvalue weighted by atomic mass is 9.95. The van der Waals surface area contributed by atoms with E-state index in [0.717, 1.165) is 76.8 Å². The zero-order valence-electron chi connectivity index (χ0n) is 15.8. The van der Waals surface area contributed by atoms with Crippen LogP contribution in [0.1, 0.15) is 46.0 Å². The van der Waals surface area contributed by atoms with Crippen molar-refractivity contribution < 1.29 is 9.53 Å². The summed E-state index contributed by atoms with van der Waals surface area (Å²) in [5, 5.41) is 3.44. The number of hydrogen-bond acceptors (Lipinski definition) is 4. The molecular weight excluding hydrogens is 336 g/mol. The Balaban J connectivity index is 2.04. The molecule has 2 saturated heterocycles. The lowest BCUT2D eigenvalue weighted by Gasteiger charge is -2.37. The second-order valence-electron chi connectivity index (χ2n) is 7.02. The Hall–Kier alpha value is -0.950. The summed E-state index contributed by atoms with van der Waals surface area (Å²) in [6, 6.07) is 0. The molecule has 3 N–H and O–H groups in total. The van der Waals surface area contributed by atoms with Crippen molar-refractivity contribution in [2.45, 2.75) is 50.7 Å². The van der Waals surface area contributed by atoms with Crippen LogP contribution in [-0.4, -0.2) is 66.7 Å². The molecule has 2 aliphatic rings. The Bertz CT molecular complexity index is 447. The molecule has 1 amide bonds. The van der Waals surface area contributed by atoms with Crippen LogP contribution in [0.5, 0.6) is 0 Å². The van der Waals surface area contributed by atoms with Crippen LogP contribution in [0, 0.1) is 5.92 Å². The van der Waals surface area contributed by atoms with Gasteiger partial charge >= 0.3 is 0 Å². The van der Waals surface area contributed by atoms with Crippen LogP contribution in [0.3, 0.4) is 0 Å². The SMILES string of the molecule is CCNC(=NCC1(SCC)CCOCC1)N1CCCC(CC(N)=O)C1. The molecule has 0 saturated carbocycles. The van der Waals surface area contributed by atoms with Gasteiger partial charge in [0, 0.05) is 44.0 Å². The highest BCUT2D eigenvalue weighted by molar-refractivity contribution is 8.00. The highest BCUT2D eigenvalue weighted by Crippen LogP contribution is 2.35. The molecule has 7 heteroatoms. The second-order valence-corrected chi connectivity index (χ2v) is 8.76. The maximum absolute atomic E-state index is 11.3. The minimum absolute atomic E-state index is 0.200. The maximum Gasteiger partial charge on any atom is 0.217 e. The fourth-order valence-electron chi connectivity index (χ4n) is 3.75. The minimum atomic E-state index is -0.200. The Morgan fingerprint density at radius 1 is 1.40 bits per heavy atom. The van der Waals surface area contributed by atoms with E-state index in [4.69, 9.17) is 15.5 Å². The molecule has 1 unspecified atom stereocenters. The smallest absolute Gasteiger partial charge is 0.217 e. The number of amides is 1. The molecule has 144 valence electrons. The van der Waals surface area contributed by atoms with Crippen molar-refractivity contribution in [1.82, 2.24) is 10.2 Å². The number of aliphatic imine (C=N–C) groups is 1. The third-order valence-corrected chi connectivity index (χ3v) is 6.45. The van der Waals surface area contributed by atoms with Crippen LogP contribution >= 0.6 is 11.8 Å². The summed E-state index contributed by atoms with van der Waals surface area (Å²) in [5.74, 6) is 2.24. The van der Waals surface area contributed by atoms with Crippen molar-refractivity contribution in [3.8, 4) is 0 Å². The topological polar surface area (TPSA) is 80.0 Å². The second kappa shape index (κ2) is 10.3. The molecule has 1 atom stereocenters. The van der Waals surface area contributed by atoms with Crippen LogP contribution in [0.15, 0.2) is 4.99 Å². The summed E-state index contributed by atoms with van der Waals surface area (Å²) < 4.78 is 5.77. The number of nitrogens with zero attached hydrogens (tertiary/aromatic N) is 2. The summed E-state index contributed by atoms with van der Waals surface area (Å²) in [5.41, 5.74) is 5.39. The van der Waals surface area contributed by atoms with E-state index in [1.54, 1.807) is 0 Å². The first kappa shape index (κ1) is 20.4. The monoisotopic (exact) mass is 370 g/mol. The third-order valence-electron chi connectivity index (χ3n) is 5.01. The minimum Gasteiger partial charge on any atom is -0.381 e. The van der Waals surface area contributed by atoms with Crippen molar-refractivity contribution in [1.29, 1.82) is 0 Å². The number of likely N-dealkylation sites (tertiary alicyclic amines) is 1. The van der Waals surface area contributed by atoms with Crippen molar-refractivity contribution in [3.05, 3.63) is 0 Å². The molecule has 0 aromatic carbocycles. The van der Waals surface area contributed by atoms with Crippen molar-refractivity contribution in [3.63, 3.8) is 0 Å². The van der Waals surface area contributed by atoms with Gasteiger partial charge < -0.3 is 20.7 Å². The maximum atomic E-state index is 11.3. The molecule has 0 spiro atoms. The van der Waals surface area contributed by atoms with Gasteiger partial charge in [0.1, 0.15) is 0 Å². The highest BCUT2D eigenvalue weighted by atomic mass is 32.2. The van der Waals surface area contributed by atoms with Crippen LogP contribution in [0.4, 0.5) is 0 Å². The van der Waals surface area contributed by atoms with Crippen LogP contribution in [0.25, 0.3) is 0 Å².